The van der Waals surface area contributed by atoms with Crippen molar-refractivity contribution in [1.29, 1.82) is 0 Å². The van der Waals surface area contributed by atoms with E-state index in [4.69, 9.17) is 16.7 Å². The molecule has 0 bridgehead atoms. The molecule has 1 aliphatic rings. The van der Waals surface area contributed by atoms with Gasteiger partial charge in [-0.25, -0.2) is 4.68 Å². The van der Waals surface area contributed by atoms with Crippen molar-refractivity contribution >= 4 is 17.6 Å². The van der Waals surface area contributed by atoms with E-state index in [0.717, 1.165) is 17.0 Å². The standard InChI is InChI=1S/C14H14ClN3O2/c15-11-4-1-9(2-5-11)8-18-13-6-3-10(14(19)20)7-12(13)16-17-18/h1-2,4-5,10H,3,6-8H2,(H,19,20). The van der Waals surface area contributed by atoms with Crippen LogP contribution in [-0.2, 0) is 24.2 Å². The van der Waals surface area contributed by atoms with Gasteiger partial charge in [-0.2, -0.15) is 0 Å². The number of benzene rings is 1. The van der Waals surface area contributed by atoms with Gasteiger partial charge in [-0.05, 0) is 30.5 Å². The van der Waals surface area contributed by atoms with Crippen molar-refractivity contribution in [2.45, 2.75) is 25.8 Å². The lowest BCUT2D eigenvalue weighted by Crippen LogP contribution is -2.23. The van der Waals surface area contributed by atoms with Crippen molar-refractivity contribution in [3.63, 3.8) is 0 Å². The van der Waals surface area contributed by atoms with Gasteiger partial charge in [0, 0.05) is 11.4 Å². The van der Waals surface area contributed by atoms with E-state index in [1.807, 2.05) is 28.9 Å². The SMILES string of the molecule is O=C(O)C1CCc2c(nnn2Cc2ccc(Cl)cc2)C1. The van der Waals surface area contributed by atoms with Crippen LogP contribution in [0.25, 0.3) is 0 Å². The van der Waals surface area contributed by atoms with Gasteiger partial charge < -0.3 is 5.11 Å². The second-order valence-electron chi connectivity index (χ2n) is 5.04. The highest BCUT2D eigenvalue weighted by Crippen LogP contribution is 2.24. The number of rotatable bonds is 3. The molecule has 0 fully saturated rings. The van der Waals surface area contributed by atoms with Crippen LogP contribution in [0.1, 0.15) is 23.4 Å². The van der Waals surface area contributed by atoms with E-state index in [9.17, 15) is 4.79 Å². The second-order valence-corrected chi connectivity index (χ2v) is 5.48. The van der Waals surface area contributed by atoms with Gasteiger partial charge in [0.1, 0.15) is 0 Å². The van der Waals surface area contributed by atoms with Crippen LogP contribution in [0.5, 0.6) is 0 Å². The molecule has 1 heterocycles. The average molecular weight is 292 g/mol. The number of nitrogens with zero attached hydrogens (tertiary/aromatic N) is 3. The molecule has 1 N–H and O–H groups in total. The third kappa shape index (κ3) is 2.54. The van der Waals surface area contributed by atoms with Crippen molar-refractivity contribution in [3.05, 3.63) is 46.2 Å². The van der Waals surface area contributed by atoms with Gasteiger partial charge in [0.2, 0.25) is 0 Å². The molecule has 3 rings (SSSR count). The van der Waals surface area contributed by atoms with E-state index in [1.54, 1.807) is 0 Å². The van der Waals surface area contributed by atoms with E-state index < -0.39 is 5.97 Å². The quantitative estimate of drug-likeness (QED) is 0.941. The molecule has 0 amide bonds. The maximum atomic E-state index is 11.0. The zero-order valence-corrected chi connectivity index (χ0v) is 11.5. The van der Waals surface area contributed by atoms with Crippen LogP contribution in [0.2, 0.25) is 5.02 Å². The van der Waals surface area contributed by atoms with E-state index in [2.05, 4.69) is 10.3 Å². The predicted molar refractivity (Wildman–Crippen MR) is 73.7 cm³/mol. The number of hydrogen-bond donors (Lipinski definition) is 1. The highest BCUT2D eigenvalue weighted by atomic mass is 35.5. The number of hydrogen-bond acceptors (Lipinski definition) is 3. The molecule has 1 aliphatic carbocycles. The second kappa shape index (κ2) is 5.25. The number of aromatic nitrogens is 3. The molecule has 0 aliphatic heterocycles. The van der Waals surface area contributed by atoms with Crippen LogP contribution >= 0.6 is 11.6 Å². The molecule has 20 heavy (non-hydrogen) atoms. The summed E-state index contributed by atoms with van der Waals surface area (Å²) < 4.78 is 1.86. The van der Waals surface area contributed by atoms with Crippen molar-refractivity contribution in [2.75, 3.05) is 0 Å². The monoisotopic (exact) mass is 291 g/mol. The highest BCUT2D eigenvalue weighted by molar-refractivity contribution is 6.30. The van der Waals surface area contributed by atoms with Crippen LogP contribution in [-0.4, -0.2) is 26.1 Å². The fraction of sp³-hybridized carbons (Fsp3) is 0.357. The maximum Gasteiger partial charge on any atom is 0.306 e. The normalized spacial score (nSPS) is 17.8. The molecule has 1 atom stereocenters. The molecule has 6 heteroatoms. The molecule has 1 aromatic carbocycles. The molecule has 1 unspecified atom stereocenters. The highest BCUT2D eigenvalue weighted by Gasteiger charge is 2.28. The Kier molecular flexibility index (Phi) is 3.44. The lowest BCUT2D eigenvalue weighted by atomic mass is 9.90. The Morgan fingerprint density at radius 1 is 1.40 bits per heavy atom. The first-order valence-electron chi connectivity index (χ1n) is 6.52. The van der Waals surface area contributed by atoms with Crippen molar-refractivity contribution < 1.29 is 9.90 Å². The third-order valence-electron chi connectivity index (χ3n) is 3.68. The average Bonchev–Trinajstić information content (AvgIpc) is 2.84. The number of carboxylic acids is 1. The summed E-state index contributed by atoms with van der Waals surface area (Å²) >= 11 is 5.86. The molecule has 0 saturated heterocycles. The molecule has 104 valence electrons. The summed E-state index contributed by atoms with van der Waals surface area (Å²) in [5.41, 5.74) is 2.97. The summed E-state index contributed by atoms with van der Waals surface area (Å²) in [6.45, 7) is 0.636. The summed E-state index contributed by atoms with van der Waals surface area (Å²) in [7, 11) is 0. The minimum Gasteiger partial charge on any atom is -0.481 e. The summed E-state index contributed by atoms with van der Waals surface area (Å²) in [5, 5.41) is 18.0. The number of fused-ring (bicyclic) bond motifs is 1. The fourth-order valence-electron chi connectivity index (χ4n) is 2.55. The molecular formula is C14H14ClN3O2. The molecule has 0 spiro atoms. The number of carbonyl (C=O) groups is 1. The first-order valence-corrected chi connectivity index (χ1v) is 6.90. The van der Waals surface area contributed by atoms with Gasteiger partial charge in [-0.15, -0.1) is 5.10 Å². The van der Waals surface area contributed by atoms with E-state index in [0.29, 0.717) is 30.8 Å². The maximum absolute atomic E-state index is 11.0. The van der Waals surface area contributed by atoms with Crippen LogP contribution in [0.4, 0.5) is 0 Å². The summed E-state index contributed by atoms with van der Waals surface area (Å²) in [6.07, 6.45) is 1.84. The Bertz CT molecular complexity index is 636. The summed E-state index contributed by atoms with van der Waals surface area (Å²) in [6, 6.07) is 7.61. The van der Waals surface area contributed by atoms with Crippen molar-refractivity contribution in [3.8, 4) is 0 Å². The van der Waals surface area contributed by atoms with Crippen LogP contribution in [0.15, 0.2) is 24.3 Å². The largest absolute Gasteiger partial charge is 0.481 e. The van der Waals surface area contributed by atoms with Gasteiger partial charge in [-0.1, -0.05) is 28.9 Å². The topological polar surface area (TPSA) is 68.0 Å². The Morgan fingerprint density at radius 2 is 2.15 bits per heavy atom. The fourth-order valence-corrected chi connectivity index (χ4v) is 2.67. The molecule has 0 radical (unpaired) electrons. The van der Waals surface area contributed by atoms with Gasteiger partial charge in [-0.3, -0.25) is 4.79 Å². The van der Waals surface area contributed by atoms with E-state index in [-0.39, 0.29) is 5.92 Å². The predicted octanol–water partition coefficient (Wildman–Crippen LogP) is 2.17. The van der Waals surface area contributed by atoms with Crippen molar-refractivity contribution in [2.24, 2.45) is 5.92 Å². The lowest BCUT2D eigenvalue weighted by molar-refractivity contribution is -0.142. The lowest BCUT2D eigenvalue weighted by Gasteiger charge is -2.18. The molecule has 0 saturated carbocycles. The van der Waals surface area contributed by atoms with Crippen LogP contribution in [0.3, 0.4) is 0 Å². The summed E-state index contributed by atoms with van der Waals surface area (Å²) in [4.78, 5) is 11.0. The zero-order valence-electron chi connectivity index (χ0n) is 10.8. The van der Waals surface area contributed by atoms with Gasteiger partial charge in [0.15, 0.2) is 0 Å². The molecule has 2 aromatic rings. The third-order valence-corrected chi connectivity index (χ3v) is 3.93. The first-order chi connectivity index (χ1) is 9.63. The summed E-state index contributed by atoms with van der Waals surface area (Å²) in [5.74, 6) is -1.08. The van der Waals surface area contributed by atoms with Crippen molar-refractivity contribution in [1.82, 2.24) is 15.0 Å². The van der Waals surface area contributed by atoms with Gasteiger partial charge >= 0.3 is 5.97 Å². The smallest absolute Gasteiger partial charge is 0.306 e. The number of aliphatic carboxylic acids is 1. The Balaban J connectivity index is 1.80. The Labute approximate surface area is 121 Å². The van der Waals surface area contributed by atoms with Crippen LogP contribution < -0.4 is 0 Å². The number of halogens is 1. The van der Waals surface area contributed by atoms with E-state index >= 15 is 0 Å². The van der Waals surface area contributed by atoms with Gasteiger partial charge in [0.25, 0.3) is 0 Å². The molecular weight excluding hydrogens is 278 g/mol. The minimum absolute atomic E-state index is 0.330. The zero-order chi connectivity index (χ0) is 14.1. The molecule has 1 aromatic heterocycles. The van der Waals surface area contributed by atoms with E-state index in [1.165, 1.54) is 0 Å². The number of carboxylic acid groups (broad SMARTS) is 1. The van der Waals surface area contributed by atoms with Gasteiger partial charge in [0.05, 0.1) is 23.9 Å². The molecule has 5 nitrogen and oxygen atoms in total. The first kappa shape index (κ1) is 13.1. The van der Waals surface area contributed by atoms with Crippen LogP contribution in [0, 0.1) is 5.92 Å². The minimum atomic E-state index is -0.747. The Hall–Kier alpha value is -1.88. The Morgan fingerprint density at radius 3 is 2.85 bits per heavy atom.